The molecule has 0 saturated carbocycles. The highest BCUT2D eigenvalue weighted by Gasteiger charge is 2.48. The Bertz CT molecular complexity index is 2510. The summed E-state index contributed by atoms with van der Waals surface area (Å²) in [6.45, 7) is 35.5. The molecule has 4 aromatic carbocycles. The normalized spacial score (nSPS) is 19.5. The van der Waals surface area contributed by atoms with Crippen LogP contribution >= 0.6 is 0 Å². The van der Waals surface area contributed by atoms with Crippen LogP contribution in [0.4, 0.5) is 34.4 Å². The largest absolute Gasteiger partial charge is 0.296 e. The summed E-state index contributed by atoms with van der Waals surface area (Å²) in [7, 11) is 0. The highest BCUT2D eigenvalue weighted by atomic mass is 15.3. The first-order valence-corrected chi connectivity index (χ1v) is 22.0. The standard InChI is InChI=1S/C53H65BN4/c1-32-55-46-45-47(56-32)58(36-21-22-37-38(29-36)51(10,11)25-24-50(37,8)9)44-31-40-39(52(12,13)26-27-53(40,14)15)30-42(44)54(45)41-28-34(49(5,6)7)18-23-43(41)57(46)35-19-16-33(17-20-35)48(2,3)4/h16-23,28-31H,24-27H2,1-15H3. The van der Waals surface area contributed by atoms with Gasteiger partial charge in [-0.15, -0.1) is 0 Å². The molecule has 300 valence electrons. The summed E-state index contributed by atoms with van der Waals surface area (Å²) in [6, 6.07) is 29.0. The van der Waals surface area contributed by atoms with E-state index in [0.717, 1.165) is 23.1 Å². The van der Waals surface area contributed by atoms with E-state index in [0.29, 0.717) is 0 Å². The molecular weight excluding hydrogens is 703 g/mol. The Morgan fingerprint density at radius 3 is 1.48 bits per heavy atom. The molecule has 9 rings (SSSR count). The SMILES string of the molecule is Cc1nc2c3c(n1)N(c1ccc4c(c1)C(C)(C)CCC4(C)C)c1cc4c(cc1B3c1cc(C(C)(C)C)ccc1N2c1ccc(C(C)(C)C)cc1)C(C)(C)CCC4(C)C. The van der Waals surface area contributed by atoms with Crippen LogP contribution in [0.5, 0.6) is 0 Å². The Balaban J connectivity index is 1.40. The molecule has 2 aliphatic heterocycles. The van der Waals surface area contributed by atoms with E-state index in [1.807, 2.05) is 0 Å². The molecule has 0 spiro atoms. The fourth-order valence-corrected chi connectivity index (χ4v) is 10.7. The Morgan fingerprint density at radius 2 is 0.931 bits per heavy atom. The molecule has 2 aliphatic carbocycles. The fraction of sp³-hybridized carbons (Fsp3) is 0.472. The fourth-order valence-electron chi connectivity index (χ4n) is 10.7. The maximum atomic E-state index is 5.52. The zero-order valence-corrected chi connectivity index (χ0v) is 38.1. The van der Waals surface area contributed by atoms with Gasteiger partial charge in [0.1, 0.15) is 17.5 Å². The Hall–Kier alpha value is -4.38. The number of aromatic nitrogens is 2. The first kappa shape index (κ1) is 39.1. The topological polar surface area (TPSA) is 32.3 Å². The van der Waals surface area contributed by atoms with Crippen LogP contribution in [0.1, 0.15) is 162 Å². The highest BCUT2D eigenvalue weighted by Crippen LogP contribution is 2.52. The molecule has 1 aromatic heterocycles. The molecule has 0 bridgehead atoms. The van der Waals surface area contributed by atoms with Crippen molar-refractivity contribution in [3.8, 4) is 0 Å². The quantitative estimate of drug-likeness (QED) is 0.164. The monoisotopic (exact) mass is 769 g/mol. The van der Waals surface area contributed by atoms with Crippen molar-refractivity contribution < 1.29 is 0 Å². The van der Waals surface area contributed by atoms with E-state index in [2.05, 4.69) is 186 Å². The summed E-state index contributed by atoms with van der Waals surface area (Å²) in [4.78, 5) is 15.9. The maximum Gasteiger partial charge on any atom is 0.256 e. The van der Waals surface area contributed by atoms with E-state index in [1.54, 1.807) is 0 Å². The average Bonchev–Trinajstić information content (AvgIpc) is 3.14. The van der Waals surface area contributed by atoms with Gasteiger partial charge in [-0.25, -0.2) is 9.97 Å². The molecule has 4 nitrogen and oxygen atoms in total. The van der Waals surface area contributed by atoms with Gasteiger partial charge in [-0.05, 0) is 146 Å². The van der Waals surface area contributed by atoms with E-state index in [9.17, 15) is 0 Å². The van der Waals surface area contributed by atoms with Crippen molar-refractivity contribution in [2.45, 2.75) is 162 Å². The van der Waals surface area contributed by atoms with Gasteiger partial charge in [0.2, 0.25) is 0 Å². The predicted molar refractivity (Wildman–Crippen MR) is 249 cm³/mol. The zero-order chi connectivity index (χ0) is 41.7. The lowest BCUT2D eigenvalue weighted by molar-refractivity contribution is 0.332. The molecule has 0 fully saturated rings. The summed E-state index contributed by atoms with van der Waals surface area (Å²) in [5.41, 5.74) is 17.6. The molecular formula is C53H65BN4. The summed E-state index contributed by atoms with van der Waals surface area (Å²) < 4.78 is 0. The second kappa shape index (κ2) is 12.3. The van der Waals surface area contributed by atoms with Crippen LogP contribution in [0.15, 0.2) is 72.8 Å². The van der Waals surface area contributed by atoms with Crippen molar-refractivity contribution in [2.24, 2.45) is 0 Å². The second-order valence-corrected chi connectivity index (χ2v) is 23.0. The third-order valence-corrected chi connectivity index (χ3v) is 14.8. The van der Waals surface area contributed by atoms with Crippen molar-refractivity contribution in [1.29, 1.82) is 0 Å². The molecule has 58 heavy (non-hydrogen) atoms. The minimum atomic E-state index is -0.0293. The average molecular weight is 769 g/mol. The van der Waals surface area contributed by atoms with Gasteiger partial charge in [0.15, 0.2) is 0 Å². The summed E-state index contributed by atoms with van der Waals surface area (Å²) in [6.07, 6.45) is 4.70. The lowest BCUT2D eigenvalue weighted by Gasteiger charge is -2.47. The zero-order valence-electron chi connectivity index (χ0n) is 38.1. The number of fused-ring (bicyclic) bond motifs is 6. The molecule has 4 aliphatic rings. The van der Waals surface area contributed by atoms with Crippen LogP contribution in [0.2, 0.25) is 0 Å². The molecule has 0 N–H and O–H groups in total. The van der Waals surface area contributed by atoms with Crippen molar-refractivity contribution in [2.75, 3.05) is 9.80 Å². The van der Waals surface area contributed by atoms with Gasteiger partial charge in [0.05, 0.1) is 0 Å². The lowest BCUT2D eigenvalue weighted by atomic mass is 9.33. The van der Waals surface area contributed by atoms with Crippen LogP contribution in [0.25, 0.3) is 0 Å². The summed E-state index contributed by atoms with van der Waals surface area (Å²) in [5.74, 6) is 2.77. The molecule has 5 aromatic rings. The van der Waals surface area contributed by atoms with Crippen molar-refractivity contribution >= 4 is 57.5 Å². The van der Waals surface area contributed by atoms with Gasteiger partial charge >= 0.3 is 0 Å². The lowest BCUT2D eigenvalue weighted by Crippen LogP contribution is -2.62. The van der Waals surface area contributed by atoms with Crippen molar-refractivity contribution in [3.05, 3.63) is 112 Å². The minimum Gasteiger partial charge on any atom is -0.296 e. The molecule has 0 atom stereocenters. The molecule has 0 saturated heterocycles. The first-order valence-electron chi connectivity index (χ1n) is 22.0. The first-order chi connectivity index (χ1) is 26.9. The molecule has 5 heteroatoms. The highest BCUT2D eigenvalue weighted by molar-refractivity contribution is 7.00. The molecule has 0 unspecified atom stereocenters. The molecule has 0 amide bonds. The Kier molecular flexibility index (Phi) is 8.32. The summed E-state index contributed by atoms with van der Waals surface area (Å²) >= 11 is 0. The summed E-state index contributed by atoms with van der Waals surface area (Å²) in [5, 5.41) is 0. The second-order valence-electron chi connectivity index (χ2n) is 23.0. The van der Waals surface area contributed by atoms with Gasteiger partial charge in [-0.1, -0.05) is 133 Å². The Labute approximate surface area is 350 Å². The van der Waals surface area contributed by atoms with E-state index < -0.39 is 0 Å². The van der Waals surface area contributed by atoms with Gasteiger partial charge < -0.3 is 0 Å². The van der Waals surface area contributed by atoms with E-state index in [1.165, 1.54) is 92.5 Å². The number of rotatable bonds is 2. The third-order valence-electron chi connectivity index (χ3n) is 14.8. The van der Waals surface area contributed by atoms with Crippen LogP contribution in [0.3, 0.4) is 0 Å². The van der Waals surface area contributed by atoms with E-state index in [4.69, 9.17) is 9.97 Å². The number of nitrogens with zero attached hydrogens (tertiary/aromatic N) is 4. The number of benzene rings is 4. The van der Waals surface area contributed by atoms with Gasteiger partial charge in [-0.3, -0.25) is 9.80 Å². The van der Waals surface area contributed by atoms with Crippen molar-refractivity contribution in [1.82, 2.24) is 9.97 Å². The molecule has 3 heterocycles. The number of aryl methyl sites for hydroxylation is 1. The molecule has 0 radical (unpaired) electrons. The van der Waals surface area contributed by atoms with E-state index in [-0.39, 0.29) is 39.2 Å². The van der Waals surface area contributed by atoms with Gasteiger partial charge in [0.25, 0.3) is 6.71 Å². The van der Waals surface area contributed by atoms with Crippen LogP contribution in [0, 0.1) is 6.92 Å². The predicted octanol–water partition coefficient (Wildman–Crippen LogP) is 12.2. The smallest absolute Gasteiger partial charge is 0.256 e. The van der Waals surface area contributed by atoms with Crippen LogP contribution in [-0.2, 0) is 32.5 Å². The van der Waals surface area contributed by atoms with Crippen LogP contribution < -0.4 is 26.2 Å². The van der Waals surface area contributed by atoms with Gasteiger partial charge in [0, 0.05) is 28.2 Å². The number of hydrogen-bond acceptors (Lipinski definition) is 4. The third kappa shape index (κ3) is 5.91. The Morgan fingerprint density at radius 1 is 0.483 bits per heavy atom. The van der Waals surface area contributed by atoms with E-state index >= 15 is 0 Å². The van der Waals surface area contributed by atoms with Crippen LogP contribution in [-0.4, -0.2) is 16.7 Å². The minimum absolute atomic E-state index is 0.0176. The van der Waals surface area contributed by atoms with Crippen molar-refractivity contribution in [3.63, 3.8) is 0 Å². The van der Waals surface area contributed by atoms with Gasteiger partial charge in [-0.2, -0.15) is 0 Å². The number of hydrogen-bond donors (Lipinski definition) is 0. The maximum absolute atomic E-state index is 5.52. The number of anilines is 6.